The molecule has 0 radical (unpaired) electrons. The summed E-state index contributed by atoms with van der Waals surface area (Å²) in [5, 5.41) is 8.03. The van der Waals surface area contributed by atoms with Crippen LogP contribution in [0.2, 0.25) is 0 Å². The van der Waals surface area contributed by atoms with E-state index in [0.717, 1.165) is 61.0 Å². The maximum Gasteiger partial charge on any atom is 0.164 e. The molecule has 12 aromatic rings. The first-order valence-corrected chi connectivity index (χ1v) is 20.2. The van der Waals surface area contributed by atoms with Crippen LogP contribution in [0.1, 0.15) is 0 Å². The first-order valence-electron chi connectivity index (χ1n) is 19.4. The second kappa shape index (κ2) is 12.0. The smallest absolute Gasteiger partial charge is 0.164 e. The average molecular weight is 760 g/mol. The van der Waals surface area contributed by atoms with Gasteiger partial charge in [-0.05, 0) is 71.4 Å². The summed E-state index contributed by atoms with van der Waals surface area (Å²) < 4.78 is 11.2. The van der Waals surface area contributed by atoms with Crippen molar-refractivity contribution < 1.29 is 4.42 Å². The van der Waals surface area contributed by atoms with Gasteiger partial charge in [-0.1, -0.05) is 127 Å². The van der Waals surface area contributed by atoms with E-state index in [4.69, 9.17) is 19.4 Å². The lowest BCUT2D eigenvalue weighted by Gasteiger charge is -2.22. The summed E-state index contributed by atoms with van der Waals surface area (Å²) in [7, 11) is 0. The zero-order valence-corrected chi connectivity index (χ0v) is 31.6. The Bertz CT molecular complexity index is 3670. The average Bonchev–Trinajstić information content (AvgIpc) is 3.95. The Morgan fingerprint density at radius 3 is 2.03 bits per heavy atom. The highest BCUT2D eigenvalue weighted by atomic mass is 32.2. The molecule has 270 valence electrons. The summed E-state index contributed by atoms with van der Waals surface area (Å²) in [5.74, 6) is 1.81. The lowest BCUT2D eigenvalue weighted by Crippen LogP contribution is -2.06. The first kappa shape index (κ1) is 31.7. The second-order valence-electron chi connectivity index (χ2n) is 14.8. The molecule has 0 saturated heterocycles. The van der Waals surface area contributed by atoms with Crippen LogP contribution in [-0.4, -0.2) is 24.1 Å². The fraction of sp³-hybridized carbons (Fsp3) is 0. The molecule has 5 heterocycles. The van der Waals surface area contributed by atoms with Crippen LogP contribution in [0.25, 0.3) is 111 Å². The van der Waals surface area contributed by atoms with E-state index in [1.807, 2.05) is 42.1 Å². The Labute approximate surface area is 335 Å². The molecule has 0 amide bonds. The molecule has 0 unspecified atom stereocenters. The van der Waals surface area contributed by atoms with Gasteiger partial charge in [-0.2, -0.15) is 0 Å². The molecule has 1 aliphatic rings. The van der Waals surface area contributed by atoms with Crippen LogP contribution in [0.3, 0.4) is 0 Å². The topological polar surface area (TPSA) is 61.7 Å². The summed E-state index contributed by atoms with van der Waals surface area (Å²) in [5.41, 5.74) is 10.1. The second-order valence-corrected chi connectivity index (χ2v) is 15.9. The summed E-state index contributed by atoms with van der Waals surface area (Å²) in [4.78, 5) is 18.2. The van der Waals surface area contributed by atoms with Crippen molar-refractivity contribution >= 4 is 77.3 Å². The number of benzene rings is 8. The van der Waals surface area contributed by atoms with E-state index in [-0.39, 0.29) is 0 Å². The van der Waals surface area contributed by atoms with Crippen molar-refractivity contribution in [3.63, 3.8) is 0 Å². The van der Waals surface area contributed by atoms with Crippen LogP contribution >= 0.6 is 11.8 Å². The van der Waals surface area contributed by atoms with Crippen molar-refractivity contribution in [3.8, 4) is 45.5 Å². The Kier molecular flexibility index (Phi) is 6.56. The number of para-hydroxylation sites is 4. The highest BCUT2D eigenvalue weighted by Gasteiger charge is 2.28. The van der Waals surface area contributed by atoms with E-state index in [1.165, 1.54) is 42.4 Å². The van der Waals surface area contributed by atoms with E-state index in [1.54, 1.807) is 0 Å². The maximum atomic E-state index is 6.32. The molecule has 0 bridgehead atoms. The highest BCUT2D eigenvalue weighted by molar-refractivity contribution is 7.99. The number of aromatic nitrogens is 5. The van der Waals surface area contributed by atoms with E-state index in [9.17, 15) is 0 Å². The van der Waals surface area contributed by atoms with Gasteiger partial charge in [0.15, 0.2) is 17.5 Å². The monoisotopic (exact) mass is 759 g/mol. The van der Waals surface area contributed by atoms with Crippen LogP contribution in [0.15, 0.2) is 190 Å². The normalized spacial score (nSPS) is 12.4. The highest BCUT2D eigenvalue weighted by Crippen LogP contribution is 2.50. The number of rotatable bonds is 4. The predicted octanol–water partition coefficient (Wildman–Crippen LogP) is 13.4. The van der Waals surface area contributed by atoms with Gasteiger partial charge in [0.2, 0.25) is 0 Å². The van der Waals surface area contributed by atoms with E-state index in [0.29, 0.717) is 17.5 Å². The Hall–Kier alpha value is -7.48. The first-order chi connectivity index (χ1) is 28.7. The molecular weight excluding hydrogens is 731 g/mol. The van der Waals surface area contributed by atoms with Gasteiger partial charge in [0.05, 0.1) is 16.7 Å². The fourth-order valence-corrected chi connectivity index (χ4v) is 10.1. The van der Waals surface area contributed by atoms with Crippen LogP contribution in [0.5, 0.6) is 0 Å². The minimum absolute atomic E-state index is 0.595. The maximum absolute atomic E-state index is 6.32. The van der Waals surface area contributed by atoms with Crippen molar-refractivity contribution in [2.75, 3.05) is 0 Å². The molecule has 0 fully saturated rings. The van der Waals surface area contributed by atoms with Gasteiger partial charge in [-0.25, -0.2) is 15.0 Å². The van der Waals surface area contributed by atoms with Gasteiger partial charge in [-0.3, -0.25) is 9.13 Å². The third-order valence-electron chi connectivity index (χ3n) is 11.5. The van der Waals surface area contributed by atoms with E-state index < -0.39 is 0 Å². The third-order valence-corrected chi connectivity index (χ3v) is 12.6. The van der Waals surface area contributed by atoms with E-state index in [2.05, 4.69) is 155 Å². The van der Waals surface area contributed by atoms with Crippen molar-refractivity contribution in [2.24, 2.45) is 0 Å². The Morgan fingerprint density at radius 1 is 0.448 bits per heavy atom. The lowest BCUT2D eigenvalue weighted by molar-refractivity contribution is 0.669. The van der Waals surface area contributed by atoms with Gasteiger partial charge < -0.3 is 4.42 Å². The van der Waals surface area contributed by atoms with Crippen LogP contribution < -0.4 is 0 Å². The third kappa shape index (κ3) is 4.53. The molecule has 0 spiro atoms. The summed E-state index contributed by atoms with van der Waals surface area (Å²) in [6.07, 6.45) is 0. The van der Waals surface area contributed by atoms with Gasteiger partial charge in [0.1, 0.15) is 16.8 Å². The molecule has 58 heavy (non-hydrogen) atoms. The molecule has 0 N–H and O–H groups in total. The molecular formula is C51H29N5OS. The predicted molar refractivity (Wildman–Crippen MR) is 236 cm³/mol. The van der Waals surface area contributed by atoms with Crippen LogP contribution in [0, 0.1) is 0 Å². The molecule has 1 aliphatic heterocycles. The van der Waals surface area contributed by atoms with Crippen molar-refractivity contribution in [1.82, 2.24) is 24.1 Å². The molecule has 6 nitrogen and oxygen atoms in total. The molecule has 8 aromatic carbocycles. The molecule has 13 rings (SSSR count). The van der Waals surface area contributed by atoms with Crippen LogP contribution in [0.4, 0.5) is 0 Å². The number of hydrogen-bond donors (Lipinski definition) is 0. The van der Waals surface area contributed by atoms with Crippen LogP contribution in [-0.2, 0) is 0 Å². The van der Waals surface area contributed by atoms with Gasteiger partial charge in [0, 0.05) is 59.1 Å². The Balaban J connectivity index is 1.09. The zero-order chi connectivity index (χ0) is 37.9. The lowest BCUT2D eigenvalue weighted by atomic mass is 10.0. The minimum atomic E-state index is 0.595. The zero-order valence-electron chi connectivity index (χ0n) is 30.8. The largest absolute Gasteiger partial charge is 0.456 e. The van der Waals surface area contributed by atoms with Crippen molar-refractivity contribution in [2.45, 2.75) is 9.79 Å². The fourth-order valence-electron chi connectivity index (χ4n) is 9.00. The number of fused-ring (bicyclic) bond motifs is 11. The summed E-state index contributed by atoms with van der Waals surface area (Å²) in [6.45, 7) is 0. The minimum Gasteiger partial charge on any atom is -0.456 e. The molecule has 0 atom stereocenters. The van der Waals surface area contributed by atoms with Gasteiger partial charge >= 0.3 is 0 Å². The number of nitrogens with zero attached hydrogens (tertiary/aromatic N) is 5. The van der Waals surface area contributed by atoms with Crippen molar-refractivity contribution in [1.29, 1.82) is 0 Å². The molecule has 7 heteroatoms. The molecule has 4 aromatic heterocycles. The molecule has 0 aliphatic carbocycles. The summed E-state index contributed by atoms with van der Waals surface area (Å²) >= 11 is 1.82. The van der Waals surface area contributed by atoms with E-state index >= 15 is 0 Å². The molecule has 0 saturated carbocycles. The standard InChI is InChI=1S/C51H29N5OS/c1-2-14-34(15-3-1)55-39-20-8-6-16-35(39)46-37-18-11-23-44-47(37)56(51(46)55)40-29-33(26-27-43(40)58-44)49-52-48(32-25-24-30-12-4-5-13-31(30)28-32)53-50(54-49)38-19-10-22-42-45(38)36-17-7-9-21-41(36)57-42/h1-29H. The van der Waals surface area contributed by atoms with Gasteiger partial charge in [-0.15, -0.1) is 0 Å². The SMILES string of the molecule is c1ccc(-n2c3ccccc3c3c4cccc5c4n(c32)-c2cc(-c3nc(-c4ccc6ccccc6c4)nc(-c4cccc6oc7ccccc7c46)n3)ccc2S5)cc1. The van der Waals surface area contributed by atoms with Crippen molar-refractivity contribution in [3.05, 3.63) is 176 Å². The Morgan fingerprint density at radius 2 is 1.14 bits per heavy atom. The summed E-state index contributed by atoms with van der Waals surface area (Å²) in [6, 6.07) is 61.8. The number of hydrogen-bond acceptors (Lipinski definition) is 5. The number of furan rings is 1. The quantitative estimate of drug-likeness (QED) is 0.179. The van der Waals surface area contributed by atoms with Gasteiger partial charge in [0.25, 0.3) is 0 Å².